The van der Waals surface area contributed by atoms with Crippen LogP contribution in [0, 0.1) is 23.1 Å². The highest BCUT2D eigenvalue weighted by molar-refractivity contribution is 5.48. The van der Waals surface area contributed by atoms with E-state index in [4.69, 9.17) is 5.26 Å². The lowest BCUT2D eigenvalue weighted by molar-refractivity contribution is 0.276. The SMILES string of the molecule is CN(C)C(CNc1ccc(C#N)cc1F)C1CC1. The molecule has 3 nitrogen and oxygen atoms in total. The molecule has 0 amide bonds. The zero-order valence-corrected chi connectivity index (χ0v) is 10.8. The van der Waals surface area contributed by atoms with Gasteiger partial charge in [-0.1, -0.05) is 0 Å². The van der Waals surface area contributed by atoms with E-state index in [2.05, 4.69) is 24.3 Å². The summed E-state index contributed by atoms with van der Waals surface area (Å²) in [6.45, 7) is 0.737. The largest absolute Gasteiger partial charge is 0.381 e. The first-order chi connectivity index (χ1) is 8.61. The van der Waals surface area contributed by atoms with Crippen LogP contribution in [0.1, 0.15) is 18.4 Å². The summed E-state index contributed by atoms with van der Waals surface area (Å²) in [4.78, 5) is 2.19. The molecule has 0 aliphatic heterocycles. The molecule has 18 heavy (non-hydrogen) atoms. The highest BCUT2D eigenvalue weighted by Crippen LogP contribution is 2.34. The van der Waals surface area contributed by atoms with E-state index in [0.717, 1.165) is 12.5 Å². The molecule has 1 aromatic carbocycles. The van der Waals surface area contributed by atoms with Gasteiger partial charge in [-0.3, -0.25) is 0 Å². The van der Waals surface area contributed by atoms with Crippen molar-refractivity contribution in [2.75, 3.05) is 26.0 Å². The first kappa shape index (κ1) is 12.8. The normalized spacial score (nSPS) is 16.4. The average Bonchev–Trinajstić information content (AvgIpc) is 3.15. The van der Waals surface area contributed by atoms with Crippen LogP contribution in [-0.4, -0.2) is 31.6 Å². The Balaban J connectivity index is 1.99. The lowest BCUT2D eigenvalue weighted by Gasteiger charge is -2.25. The Morgan fingerprint density at radius 1 is 1.50 bits per heavy atom. The quantitative estimate of drug-likeness (QED) is 0.868. The molecule has 2 rings (SSSR count). The Morgan fingerprint density at radius 3 is 2.72 bits per heavy atom. The van der Waals surface area contributed by atoms with Gasteiger partial charge in [-0.05, 0) is 51.1 Å². The molecular weight excluding hydrogens is 229 g/mol. The fourth-order valence-electron chi connectivity index (χ4n) is 2.19. The summed E-state index contributed by atoms with van der Waals surface area (Å²) < 4.78 is 13.7. The molecule has 0 bridgehead atoms. The molecule has 0 aromatic heterocycles. The minimum absolute atomic E-state index is 0.351. The molecular formula is C14H18FN3. The smallest absolute Gasteiger partial charge is 0.147 e. The van der Waals surface area contributed by atoms with Crippen LogP contribution in [0.25, 0.3) is 0 Å². The van der Waals surface area contributed by atoms with Crippen LogP contribution in [0.5, 0.6) is 0 Å². The lowest BCUT2D eigenvalue weighted by atomic mass is 10.1. The van der Waals surface area contributed by atoms with E-state index in [9.17, 15) is 4.39 Å². The Morgan fingerprint density at radius 2 is 2.22 bits per heavy atom. The predicted octanol–water partition coefficient (Wildman–Crippen LogP) is 2.45. The fraction of sp³-hybridized carbons (Fsp3) is 0.500. The van der Waals surface area contributed by atoms with Crippen LogP contribution in [-0.2, 0) is 0 Å². The van der Waals surface area contributed by atoms with Crippen molar-refractivity contribution < 1.29 is 4.39 Å². The number of likely N-dealkylation sites (N-methyl/N-ethyl adjacent to an activating group) is 1. The molecule has 1 aliphatic carbocycles. The fourth-order valence-corrected chi connectivity index (χ4v) is 2.19. The van der Waals surface area contributed by atoms with E-state index in [0.29, 0.717) is 17.3 Å². The molecule has 96 valence electrons. The van der Waals surface area contributed by atoms with Gasteiger partial charge in [-0.2, -0.15) is 5.26 Å². The van der Waals surface area contributed by atoms with E-state index in [1.165, 1.54) is 18.9 Å². The number of halogens is 1. The average molecular weight is 247 g/mol. The molecule has 1 atom stereocenters. The predicted molar refractivity (Wildman–Crippen MR) is 69.8 cm³/mol. The minimum atomic E-state index is -0.359. The molecule has 0 radical (unpaired) electrons. The Bertz CT molecular complexity index is 459. The summed E-state index contributed by atoms with van der Waals surface area (Å²) >= 11 is 0. The maximum atomic E-state index is 13.7. The Labute approximate surface area is 107 Å². The van der Waals surface area contributed by atoms with Gasteiger partial charge in [0.05, 0.1) is 17.3 Å². The minimum Gasteiger partial charge on any atom is -0.381 e. The molecule has 1 N–H and O–H groups in total. The standard InChI is InChI=1S/C14H18FN3/c1-18(2)14(11-4-5-11)9-17-13-6-3-10(8-16)7-12(13)15/h3,6-7,11,14,17H,4-5,9H2,1-2H3. The molecule has 1 unspecified atom stereocenters. The number of hydrogen-bond donors (Lipinski definition) is 1. The zero-order valence-electron chi connectivity index (χ0n) is 10.8. The Kier molecular flexibility index (Phi) is 3.83. The summed E-state index contributed by atoms with van der Waals surface area (Å²) in [5, 5.41) is 11.8. The Hall–Kier alpha value is -1.60. The van der Waals surface area contributed by atoms with E-state index in [-0.39, 0.29) is 5.82 Å². The third-order valence-electron chi connectivity index (χ3n) is 3.43. The second-order valence-corrected chi connectivity index (χ2v) is 5.06. The summed E-state index contributed by atoms with van der Waals surface area (Å²) in [7, 11) is 4.11. The molecule has 0 saturated heterocycles. The van der Waals surface area contributed by atoms with Gasteiger partial charge in [0.1, 0.15) is 5.82 Å². The van der Waals surface area contributed by atoms with E-state index < -0.39 is 0 Å². The second-order valence-electron chi connectivity index (χ2n) is 5.06. The molecule has 1 fully saturated rings. The number of anilines is 1. The lowest BCUT2D eigenvalue weighted by Crippen LogP contribution is -2.36. The van der Waals surface area contributed by atoms with Crippen molar-refractivity contribution in [3.05, 3.63) is 29.6 Å². The van der Waals surface area contributed by atoms with Crippen LogP contribution < -0.4 is 5.32 Å². The van der Waals surface area contributed by atoms with Crippen molar-refractivity contribution in [1.29, 1.82) is 5.26 Å². The first-order valence-corrected chi connectivity index (χ1v) is 6.21. The van der Waals surface area contributed by atoms with Crippen molar-refractivity contribution >= 4 is 5.69 Å². The van der Waals surface area contributed by atoms with Gasteiger partial charge in [-0.15, -0.1) is 0 Å². The van der Waals surface area contributed by atoms with Crippen LogP contribution in [0.2, 0.25) is 0 Å². The molecule has 0 spiro atoms. The third kappa shape index (κ3) is 2.99. The van der Waals surface area contributed by atoms with Crippen molar-refractivity contribution in [2.24, 2.45) is 5.92 Å². The zero-order chi connectivity index (χ0) is 13.1. The number of rotatable bonds is 5. The van der Waals surface area contributed by atoms with Crippen LogP contribution >= 0.6 is 0 Å². The van der Waals surface area contributed by atoms with Crippen LogP contribution in [0.15, 0.2) is 18.2 Å². The van der Waals surface area contributed by atoms with Crippen molar-refractivity contribution in [3.63, 3.8) is 0 Å². The maximum Gasteiger partial charge on any atom is 0.147 e. The third-order valence-corrected chi connectivity index (χ3v) is 3.43. The number of nitrogens with zero attached hydrogens (tertiary/aromatic N) is 2. The number of hydrogen-bond acceptors (Lipinski definition) is 3. The highest BCUT2D eigenvalue weighted by atomic mass is 19.1. The van der Waals surface area contributed by atoms with Gasteiger partial charge < -0.3 is 10.2 Å². The summed E-state index contributed by atoms with van der Waals surface area (Å²) in [5.41, 5.74) is 0.825. The first-order valence-electron chi connectivity index (χ1n) is 6.21. The van der Waals surface area contributed by atoms with Crippen molar-refractivity contribution in [2.45, 2.75) is 18.9 Å². The molecule has 1 aliphatic rings. The number of nitrogens with one attached hydrogen (secondary N) is 1. The topological polar surface area (TPSA) is 39.1 Å². The van der Waals surface area contributed by atoms with Gasteiger partial charge in [0.15, 0.2) is 0 Å². The monoisotopic (exact) mass is 247 g/mol. The van der Waals surface area contributed by atoms with Crippen LogP contribution in [0.4, 0.5) is 10.1 Å². The highest BCUT2D eigenvalue weighted by Gasteiger charge is 2.32. The maximum absolute atomic E-state index is 13.7. The van der Waals surface area contributed by atoms with Gasteiger partial charge in [0, 0.05) is 12.6 Å². The van der Waals surface area contributed by atoms with Gasteiger partial charge in [0.2, 0.25) is 0 Å². The number of nitriles is 1. The summed E-state index contributed by atoms with van der Waals surface area (Å²) in [5.74, 6) is 0.372. The van der Waals surface area contributed by atoms with Gasteiger partial charge >= 0.3 is 0 Å². The molecule has 0 heterocycles. The second kappa shape index (κ2) is 5.36. The number of benzene rings is 1. The van der Waals surface area contributed by atoms with E-state index >= 15 is 0 Å². The molecule has 1 aromatic rings. The van der Waals surface area contributed by atoms with Gasteiger partial charge in [-0.25, -0.2) is 4.39 Å². The van der Waals surface area contributed by atoms with Crippen molar-refractivity contribution in [3.8, 4) is 6.07 Å². The van der Waals surface area contributed by atoms with Gasteiger partial charge in [0.25, 0.3) is 0 Å². The van der Waals surface area contributed by atoms with E-state index in [1.807, 2.05) is 6.07 Å². The molecule has 1 saturated carbocycles. The summed E-state index contributed by atoms with van der Waals surface area (Å²) in [6.07, 6.45) is 2.53. The summed E-state index contributed by atoms with van der Waals surface area (Å²) in [6, 6.07) is 6.91. The van der Waals surface area contributed by atoms with Crippen LogP contribution in [0.3, 0.4) is 0 Å². The van der Waals surface area contributed by atoms with Crippen molar-refractivity contribution in [1.82, 2.24) is 4.90 Å². The van der Waals surface area contributed by atoms with E-state index in [1.54, 1.807) is 12.1 Å². The molecule has 4 heteroatoms.